The average molecular weight is 176 g/mol. The highest BCUT2D eigenvalue weighted by Gasteiger charge is 2.02. The van der Waals surface area contributed by atoms with Crippen molar-refractivity contribution in [3.8, 4) is 0 Å². The fourth-order valence-electron chi connectivity index (χ4n) is 1.11. The lowest BCUT2D eigenvalue weighted by atomic mass is 10.5. The Hall–Kier alpha value is -1.78. The monoisotopic (exact) mass is 176 g/mol. The number of aromatic nitrogens is 4. The molecule has 0 atom stereocenters. The van der Waals surface area contributed by atoms with Crippen LogP contribution in [0.4, 0.5) is 0 Å². The van der Waals surface area contributed by atoms with E-state index in [1.54, 1.807) is 0 Å². The summed E-state index contributed by atoms with van der Waals surface area (Å²) < 4.78 is 1.50. The second kappa shape index (κ2) is 2.93. The van der Waals surface area contributed by atoms with Crippen LogP contribution in [0.25, 0.3) is 11.2 Å². The summed E-state index contributed by atoms with van der Waals surface area (Å²) in [4.78, 5) is 23.4. The van der Waals surface area contributed by atoms with E-state index < -0.39 is 0 Å². The van der Waals surface area contributed by atoms with Gasteiger partial charge in [0.15, 0.2) is 11.2 Å². The molecule has 0 aromatic carbocycles. The number of nitrogens with zero attached hydrogens (tertiary/aromatic N) is 4. The third-order valence-corrected chi connectivity index (χ3v) is 1.80. The summed E-state index contributed by atoms with van der Waals surface area (Å²) in [6, 6.07) is 0. The van der Waals surface area contributed by atoms with Crippen molar-refractivity contribution in [3.05, 3.63) is 29.1 Å². The van der Waals surface area contributed by atoms with Gasteiger partial charge in [-0.15, -0.1) is 0 Å². The van der Waals surface area contributed by atoms with Crippen LogP contribution in [0.3, 0.4) is 0 Å². The first-order valence-corrected chi connectivity index (χ1v) is 3.99. The normalized spacial score (nSPS) is 10.5. The lowest BCUT2D eigenvalue weighted by Gasteiger charge is -2.00. The zero-order chi connectivity index (χ0) is 9.26. The maximum atomic E-state index is 11.6. The third kappa shape index (κ3) is 1.18. The van der Waals surface area contributed by atoms with Crippen LogP contribution in [0, 0.1) is 0 Å². The fraction of sp³-hybridized carbons (Fsp3) is 0.250. The molecule has 0 aliphatic carbocycles. The molecule has 0 aliphatic rings. The van der Waals surface area contributed by atoms with Gasteiger partial charge in [0.25, 0.3) is 5.56 Å². The molecule has 0 fully saturated rings. The van der Waals surface area contributed by atoms with E-state index >= 15 is 0 Å². The standard InChI is InChI=1S/C8H8N4O/c1-2-12-5-11-7-6(8(12)13)9-3-4-10-7/h3-5H,2H2,1H3. The van der Waals surface area contributed by atoms with Crippen molar-refractivity contribution in [1.29, 1.82) is 0 Å². The van der Waals surface area contributed by atoms with Crippen LogP contribution in [0.15, 0.2) is 23.5 Å². The van der Waals surface area contributed by atoms with Gasteiger partial charge >= 0.3 is 0 Å². The predicted molar refractivity (Wildman–Crippen MR) is 47.3 cm³/mol. The third-order valence-electron chi connectivity index (χ3n) is 1.80. The second-order valence-electron chi connectivity index (χ2n) is 2.56. The maximum Gasteiger partial charge on any atom is 0.281 e. The Morgan fingerprint density at radius 2 is 2.08 bits per heavy atom. The molecule has 5 heteroatoms. The first-order valence-electron chi connectivity index (χ1n) is 3.99. The van der Waals surface area contributed by atoms with E-state index in [-0.39, 0.29) is 5.56 Å². The molecule has 0 spiro atoms. The highest BCUT2D eigenvalue weighted by atomic mass is 16.1. The van der Waals surface area contributed by atoms with E-state index in [0.29, 0.717) is 17.7 Å². The van der Waals surface area contributed by atoms with Gasteiger partial charge in [-0.2, -0.15) is 0 Å². The lowest BCUT2D eigenvalue weighted by molar-refractivity contribution is 0.714. The largest absolute Gasteiger partial charge is 0.298 e. The minimum absolute atomic E-state index is 0.138. The first-order chi connectivity index (χ1) is 6.33. The van der Waals surface area contributed by atoms with Crippen molar-refractivity contribution in [3.63, 3.8) is 0 Å². The minimum atomic E-state index is -0.138. The molecule has 0 saturated heterocycles. The Bertz CT molecular complexity index is 491. The summed E-state index contributed by atoms with van der Waals surface area (Å²) in [6.45, 7) is 2.48. The Morgan fingerprint density at radius 1 is 1.31 bits per heavy atom. The van der Waals surface area contributed by atoms with Crippen molar-refractivity contribution in [2.75, 3.05) is 0 Å². The van der Waals surface area contributed by atoms with Crippen LogP contribution in [-0.4, -0.2) is 19.5 Å². The van der Waals surface area contributed by atoms with Gasteiger partial charge < -0.3 is 0 Å². The molecule has 5 nitrogen and oxygen atoms in total. The molecule has 0 unspecified atom stereocenters. The van der Waals surface area contributed by atoms with Crippen molar-refractivity contribution in [2.45, 2.75) is 13.5 Å². The van der Waals surface area contributed by atoms with Crippen molar-refractivity contribution < 1.29 is 0 Å². The highest BCUT2D eigenvalue weighted by Crippen LogP contribution is 1.96. The molecule has 13 heavy (non-hydrogen) atoms. The summed E-state index contributed by atoms with van der Waals surface area (Å²) >= 11 is 0. The zero-order valence-electron chi connectivity index (χ0n) is 7.14. The van der Waals surface area contributed by atoms with Crippen LogP contribution in [0.5, 0.6) is 0 Å². The van der Waals surface area contributed by atoms with Gasteiger partial charge in [0.05, 0.1) is 0 Å². The van der Waals surface area contributed by atoms with E-state index in [0.717, 1.165) is 0 Å². The summed E-state index contributed by atoms with van der Waals surface area (Å²) in [5.74, 6) is 0. The molecule has 66 valence electrons. The number of hydrogen-bond acceptors (Lipinski definition) is 4. The van der Waals surface area contributed by atoms with Gasteiger partial charge in [-0.05, 0) is 6.92 Å². The molecule has 0 bridgehead atoms. The van der Waals surface area contributed by atoms with E-state index in [9.17, 15) is 4.79 Å². The number of aryl methyl sites for hydroxylation is 1. The number of hydrogen-bond donors (Lipinski definition) is 0. The van der Waals surface area contributed by atoms with Crippen LogP contribution in [-0.2, 0) is 6.54 Å². The summed E-state index contributed by atoms with van der Waals surface area (Å²) in [7, 11) is 0. The minimum Gasteiger partial charge on any atom is -0.298 e. The Morgan fingerprint density at radius 3 is 2.85 bits per heavy atom. The quantitative estimate of drug-likeness (QED) is 0.623. The van der Waals surface area contributed by atoms with Gasteiger partial charge in [0.2, 0.25) is 0 Å². The first kappa shape index (κ1) is 7.85. The van der Waals surface area contributed by atoms with E-state index in [1.165, 1.54) is 23.3 Å². The van der Waals surface area contributed by atoms with Gasteiger partial charge in [0, 0.05) is 18.9 Å². The van der Waals surface area contributed by atoms with E-state index in [2.05, 4.69) is 15.0 Å². The Kier molecular flexibility index (Phi) is 1.77. The summed E-state index contributed by atoms with van der Waals surface area (Å²) in [5.41, 5.74) is 0.588. The van der Waals surface area contributed by atoms with Gasteiger partial charge in [-0.25, -0.2) is 15.0 Å². The molecule has 0 saturated carbocycles. The fourth-order valence-corrected chi connectivity index (χ4v) is 1.11. The lowest BCUT2D eigenvalue weighted by Crippen LogP contribution is -2.20. The van der Waals surface area contributed by atoms with Crippen molar-refractivity contribution >= 4 is 11.2 Å². The van der Waals surface area contributed by atoms with E-state index in [4.69, 9.17) is 0 Å². The molecule has 2 heterocycles. The van der Waals surface area contributed by atoms with Gasteiger partial charge in [-0.3, -0.25) is 9.36 Å². The van der Waals surface area contributed by atoms with Crippen LogP contribution in [0.1, 0.15) is 6.92 Å². The summed E-state index contributed by atoms with van der Waals surface area (Å²) in [6.07, 6.45) is 4.50. The molecular formula is C8H8N4O. The van der Waals surface area contributed by atoms with Crippen molar-refractivity contribution in [1.82, 2.24) is 19.5 Å². The summed E-state index contributed by atoms with van der Waals surface area (Å²) in [5, 5.41) is 0. The molecule has 2 aromatic rings. The molecule has 2 rings (SSSR count). The zero-order valence-corrected chi connectivity index (χ0v) is 7.14. The molecule has 0 radical (unpaired) electrons. The van der Waals surface area contributed by atoms with Crippen molar-refractivity contribution in [2.24, 2.45) is 0 Å². The Labute approximate surface area is 74.1 Å². The number of rotatable bonds is 1. The highest BCUT2D eigenvalue weighted by molar-refractivity contribution is 5.66. The van der Waals surface area contributed by atoms with Gasteiger partial charge in [-0.1, -0.05) is 0 Å². The predicted octanol–water partition coefficient (Wildman–Crippen LogP) is 0.206. The Balaban J connectivity index is 2.87. The smallest absolute Gasteiger partial charge is 0.281 e. The average Bonchev–Trinajstić information content (AvgIpc) is 2.19. The van der Waals surface area contributed by atoms with Gasteiger partial charge in [0.1, 0.15) is 6.33 Å². The number of fused-ring (bicyclic) bond motifs is 1. The van der Waals surface area contributed by atoms with Crippen LogP contribution < -0.4 is 5.56 Å². The van der Waals surface area contributed by atoms with E-state index in [1.807, 2.05) is 6.92 Å². The molecule has 0 aliphatic heterocycles. The second-order valence-corrected chi connectivity index (χ2v) is 2.56. The molecule has 2 aromatic heterocycles. The topological polar surface area (TPSA) is 60.7 Å². The maximum absolute atomic E-state index is 11.6. The molecule has 0 amide bonds. The van der Waals surface area contributed by atoms with Crippen LogP contribution in [0.2, 0.25) is 0 Å². The molecule has 0 N–H and O–H groups in total. The SMILES string of the molecule is CCn1cnc2nccnc2c1=O. The van der Waals surface area contributed by atoms with Crippen LogP contribution >= 0.6 is 0 Å². The molecular weight excluding hydrogens is 168 g/mol.